The zero-order chi connectivity index (χ0) is 11.0. The zero-order valence-electron chi connectivity index (χ0n) is 9.72. The van der Waals surface area contributed by atoms with Gasteiger partial charge in [0.15, 0.2) is 0 Å². The SMILES string of the molecule is Cl.Cn1nc(C2CC2)cc1NCc1cccs1. The molecule has 0 atom stereocenters. The average molecular weight is 270 g/mol. The highest BCUT2D eigenvalue weighted by atomic mass is 35.5. The Morgan fingerprint density at radius 3 is 3.00 bits per heavy atom. The highest BCUT2D eigenvalue weighted by molar-refractivity contribution is 7.09. The Morgan fingerprint density at radius 2 is 2.35 bits per heavy atom. The molecule has 3 rings (SSSR count). The van der Waals surface area contributed by atoms with E-state index in [2.05, 4.69) is 34.0 Å². The Labute approximate surface area is 111 Å². The molecule has 0 aromatic carbocycles. The number of thiophene rings is 1. The molecule has 1 aliphatic carbocycles. The summed E-state index contributed by atoms with van der Waals surface area (Å²) >= 11 is 1.78. The van der Waals surface area contributed by atoms with Gasteiger partial charge in [-0.3, -0.25) is 4.68 Å². The van der Waals surface area contributed by atoms with Crippen LogP contribution in [-0.4, -0.2) is 9.78 Å². The van der Waals surface area contributed by atoms with Gasteiger partial charge in [-0.1, -0.05) is 6.07 Å². The van der Waals surface area contributed by atoms with Crippen molar-refractivity contribution in [2.45, 2.75) is 25.3 Å². The normalized spacial score (nSPS) is 14.4. The number of nitrogens with one attached hydrogen (secondary N) is 1. The molecule has 17 heavy (non-hydrogen) atoms. The van der Waals surface area contributed by atoms with Gasteiger partial charge in [-0.25, -0.2) is 0 Å². The fourth-order valence-corrected chi connectivity index (χ4v) is 2.47. The Morgan fingerprint density at radius 1 is 1.53 bits per heavy atom. The maximum atomic E-state index is 4.53. The number of halogens is 1. The monoisotopic (exact) mass is 269 g/mol. The molecule has 2 aromatic heterocycles. The number of aromatic nitrogens is 2. The van der Waals surface area contributed by atoms with Crippen LogP contribution < -0.4 is 5.32 Å². The molecule has 0 aliphatic heterocycles. The first-order chi connectivity index (χ1) is 7.83. The molecule has 0 saturated heterocycles. The molecule has 92 valence electrons. The molecule has 1 aliphatic rings. The second-order valence-electron chi connectivity index (χ2n) is 4.29. The molecular formula is C12H16ClN3S. The Hall–Kier alpha value is -1.000. The van der Waals surface area contributed by atoms with Crippen molar-refractivity contribution in [1.82, 2.24) is 9.78 Å². The standard InChI is InChI=1S/C12H15N3S.ClH/c1-15-12(7-11(14-15)9-4-5-9)13-8-10-3-2-6-16-10;/h2-3,6-7,9,13H,4-5,8H2,1H3;1H. The topological polar surface area (TPSA) is 29.9 Å². The van der Waals surface area contributed by atoms with Crippen molar-refractivity contribution in [2.75, 3.05) is 5.32 Å². The fourth-order valence-electron chi connectivity index (χ4n) is 1.82. The van der Waals surface area contributed by atoms with E-state index < -0.39 is 0 Å². The van der Waals surface area contributed by atoms with Gasteiger partial charge in [0.25, 0.3) is 0 Å². The van der Waals surface area contributed by atoms with Crippen LogP contribution in [0.5, 0.6) is 0 Å². The Bertz CT molecular complexity index is 474. The summed E-state index contributed by atoms with van der Waals surface area (Å²) < 4.78 is 1.95. The molecule has 3 nitrogen and oxygen atoms in total. The van der Waals surface area contributed by atoms with Gasteiger partial charge in [0.2, 0.25) is 0 Å². The Balaban J connectivity index is 0.00000108. The molecule has 2 heterocycles. The minimum absolute atomic E-state index is 0. The van der Waals surface area contributed by atoms with Gasteiger partial charge in [0.05, 0.1) is 12.2 Å². The quantitative estimate of drug-likeness (QED) is 0.922. The van der Waals surface area contributed by atoms with Crippen LogP contribution in [0.2, 0.25) is 0 Å². The van der Waals surface area contributed by atoms with Crippen LogP contribution in [0.1, 0.15) is 29.3 Å². The minimum Gasteiger partial charge on any atom is -0.365 e. The second-order valence-corrected chi connectivity index (χ2v) is 5.32. The lowest BCUT2D eigenvalue weighted by molar-refractivity contribution is 0.746. The molecule has 1 N–H and O–H groups in total. The number of nitrogens with zero attached hydrogens (tertiary/aromatic N) is 2. The second kappa shape index (κ2) is 5.10. The molecule has 0 bridgehead atoms. The summed E-state index contributed by atoms with van der Waals surface area (Å²) in [7, 11) is 2.00. The van der Waals surface area contributed by atoms with Gasteiger partial charge in [0, 0.05) is 23.9 Å². The summed E-state index contributed by atoms with van der Waals surface area (Å²) in [4.78, 5) is 1.36. The van der Waals surface area contributed by atoms with E-state index >= 15 is 0 Å². The fraction of sp³-hybridized carbons (Fsp3) is 0.417. The van der Waals surface area contributed by atoms with Crippen LogP contribution >= 0.6 is 23.7 Å². The summed E-state index contributed by atoms with van der Waals surface area (Å²) in [6, 6.07) is 6.42. The smallest absolute Gasteiger partial charge is 0.124 e. The first-order valence-corrected chi connectivity index (χ1v) is 6.51. The molecule has 1 fully saturated rings. The lowest BCUT2D eigenvalue weighted by Crippen LogP contribution is -2.03. The molecule has 1 saturated carbocycles. The summed E-state index contributed by atoms with van der Waals surface area (Å²) in [5, 5.41) is 10.1. The van der Waals surface area contributed by atoms with Crippen molar-refractivity contribution in [2.24, 2.45) is 7.05 Å². The molecule has 0 unspecified atom stereocenters. The van der Waals surface area contributed by atoms with Crippen LogP contribution in [0.3, 0.4) is 0 Å². The minimum atomic E-state index is 0. The highest BCUT2D eigenvalue weighted by Crippen LogP contribution is 2.39. The highest BCUT2D eigenvalue weighted by Gasteiger charge is 2.26. The summed E-state index contributed by atoms with van der Waals surface area (Å²) in [5.74, 6) is 1.85. The van der Waals surface area contributed by atoms with E-state index in [9.17, 15) is 0 Å². The van der Waals surface area contributed by atoms with Crippen LogP contribution in [-0.2, 0) is 13.6 Å². The summed E-state index contributed by atoms with van der Waals surface area (Å²) in [6.07, 6.45) is 2.61. The molecule has 5 heteroatoms. The van der Waals surface area contributed by atoms with Gasteiger partial charge < -0.3 is 5.32 Å². The van der Waals surface area contributed by atoms with Gasteiger partial charge in [-0.05, 0) is 24.3 Å². The predicted octanol–water partition coefficient (Wildman–Crippen LogP) is 3.39. The summed E-state index contributed by atoms with van der Waals surface area (Å²) in [5.41, 5.74) is 1.25. The van der Waals surface area contributed by atoms with E-state index in [4.69, 9.17) is 0 Å². The van der Waals surface area contributed by atoms with Crippen molar-refractivity contribution in [3.8, 4) is 0 Å². The number of hydrogen-bond acceptors (Lipinski definition) is 3. The van der Waals surface area contributed by atoms with Crippen LogP contribution in [0.15, 0.2) is 23.6 Å². The van der Waals surface area contributed by atoms with Gasteiger partial charge >= 0.3 is 0 Å². The third-order valence-electron chi connectivity index (χ3n) is 2.92. The third kappa shape index (κ3) is 2.82. The van der Waals surface area contributed by atoms with Crippen molar-refractivity contribution in [1.29, 1.82) is 0 Å². The lowest BCUT2D eigenvalue weighted by Gasteiger charge is -2.03. The van der Waals surface area contributed by atoms with Crippen LogP contribution in [0.25, 0.3) is 0 Å². The van der Waals surface area contributed by atoms with E-state index in [0.717, 1.165) is 18.3 Å². The van der Waals surface area contributed by atoms with E-state index in [-0.39, 0.29) is 12.4 Å². The number of rotatable bonds is 4. The van der Waals surface area contributed by atoms with Crippen molar-refractivity contribution >= 4 is 29.6 Å². The third-order valence-corrected chi connectivity index (χ3v) is 3.79. The van der Waals surface area contributed by atoms with Gasteiger partial charge in [-0.15, -0.1) is 23.7 Å². The Kier molecular flexibility index (Phi) is 3.74. The van der Waals surface area contributed by atoms with Crippen LogP contribution in [0, 0.1) is 0 Å². The van der Waals surface area contributed by atoms with E-state index in [1.165, 1.54) is 23.4 Å². The van der Waals surface area contributed by atoms with E-state index in [1.807, 2.05) is 11.7 Å². The molecule has 2 aromatic rings. The first-order valence-electron chi connectivity index (χ1n) is 5.63. The van der Waals surface area contributed by atoms with E-state index in [1.54, 1.807) is 11.3 Å². The summed E-state index contributed by atoms with van der Waals surface area (Å²) in [6.45, 7) is 0.890. The maximum absolute atomic E-state index is 4.53. The van der Waals surface area contributed by atoms with E-state index in [0.29, 0.717) is 0 Å². The maximum Gasteiger partial charge on any atom is 0.124 e. The molecule has 0 radical (unpaired) electrons. The zero-order valence-corrected chi connectivity index (χ0v) is 11.4. The van der Waals surface area contributed by atoms with Crippen molar-refractivity contribution in [3.63, 3.8) is 0 Å². The molecular weight excluding hydrogens is 254 g/mol. The van der Waals surface area contributed by atoms with Gasteiger partial charge in [-0.2, -0.15) is 5.10 Å². The molecule has 0 spiro atoms. The number of hydrogen-bond donors (Lipinski definition) is 1. The largest absolute Gasteiger partial charge is 0.365 e. The van der Waals surface area contributed by atoms with Crippen molar-refractivity contribution < 1.29 is 0 Å². The van der Waals surface area contributed by atoms with Crippen molar-refractivity contribution in [3.05, 3.63) is 34.2 Å². The number of aryl methyl sites for hydroxylation is 1. The first kappa shape index (κ1) is 12.5. The molecule has 0 amide bonds. The number of anilines is 1. The van der Waals surface area contributed by atoms with Crippen LogP contribution in [0.4, 0.5) is 5.82 Å². The lowest BCUT2D eigenvalue weighted by atomic mass is 10.3. The predicted molar refractivity (Wildman–Crippen MR) is 74.1 cm³/mol. The average Bonchev–Trinajstić information content (AvgIpc) is 2.86. The van der Waals surface area contributed by atoms with Gasteiger partial charge in [0.1, 0.15) is 5.82 Å².